The number of nitrogens with zero attached hydrogens (tertiary/aromatic N) is 3. The van der Waals surface area contributed by atoms with Crippen LogP contribution in [0.5, 0.6) is 0 Å². The van der Waals surface area contributed by atoms with E-state index in [0.717, 1.165) is 61.7 Å². The van der Waals surface area contributed by atoms with Crippen LogP contribution in [0, 0.1) is 0 Å². The molecule has 12 rings (SSSR count). The fourth-order valence-electron chi connectivity index (χ4n) is 9.60. The molecule has 1 aliphatic heterocycles. The second-order valence-corrected chi connectivity index (χ2v) is 17.0. The molecule has 62 heavy (non-hydrogen) atoms. The minimum atomic E-state index is -0.479. The van der Waals surface area contributed by atoms with Gasteiger partial charge in [-0.25, -0.2) is 15.0 Å². The number of hydrogen-bond acceptors (Lipinski definition) is 4. The zero-order valence-electron chi connectivity index (χ0n) is 33.6. The number of benzene rings is 8. The lowest BCUT2D eigenvalue weighted by Gasteiger charge is -2.39. The van der Waals surface area contributed by atoms with Crippen molar-refractivity contribution >= 4 is 11.8 Å². The molecule has 3 heterocycles. The highest BCUT2D eigenvalue weighted by molar-refractivity contribution is 7.99. The van der Waals surface area contributed by atoms with Gasteiger partial charge in [0.05, 0.1) is 28.2 Å². The smallest absolute Gasteiger partial charge is 0.160 e. The van der Waals surface area contributed by atoms with Crippen molar-refractivity contribution in [3.05, 3.63) is 247 Å². The number of rotatable bonds is 6. The highest BCUT2D eigenvalue weighted by atomic mass is 32.2. The van der Waals surface area contributed by atoms with Gasteiger partial charge in [-0.15, -0.1) is 0 Å². The Hall–Kier alpha value is -7.66. The maximum Gasteiger partial charge on any atom is 0.160 e. The van der Waals surface area contributed by atoms with Crippen molar-refractivity contribution < 1.29 is 0 Å². The lowest BCUT2D eigenvalue weighted by molar-refractivity contribution is 0.722. The summed E-state index contributed by atoms with van der Waals surface area (Å²) in [5.74, 6) is 0.686. The minimum Gasteiger partial charge on any atom is -0.247 e. The summed E-state index contributed by atoms with van der Waals surface area (Å²) in [6, 6.07) is 80.2. The molecule has 2 aromatic heterocycles. The van der Waals surface area contributed by atoms with Crippen molar-refractivity contribution in [2.24, 2.45) is 0 Å². The molecule has 0 unspecified atom stereocenters. The SMILES string of the molecule is c1ccc(-c2ccc(-c3cccc(-c4cc(-c5ccc6c(c5)C5(c7ccccc7S6)c6ccccc6-c6ccccc65)nc(-c5ccccc5)n4)c3)c(-c3ccccc3)n2)cc1. The van der Waals surface area contributed by atoms with Gasteiger partial charge in [0.1, 0.15) is 0 Å². The van der Waals surface area contributed by atoms with Gasteiger partial charge in [-0.3, -0.25) is 0 Å². The fourth-order valence-corrected chi connectivity index (χ4v) is 10.8. The van der Waals surface area contributed by atoms with Crippen LogP contribution in [0.15, 0.2) is 234 Å². The molecule has 0 saturated heterocycles. The predicted molar refractivity (Wildman–Crippen MR) is 254 cm³/mol. The van der Waals surface area contributed by atoms with E-state index in [9.17, 15) is 0 Å². The van der Waals surface area contributed by atoms with Crippen LogP contribution in [0.2, 0.25) is 0 Å². The Morgan fingerprint density at radius 3 is 1.52 bits per heavy atom. The van der Waals surface area contributed by atoms with Crippen molar-refractivity contribution in [2.45, 2.75) is 15.2 Å². The van der Waals surface area contributed by atoms with Crippen LogP contribution in [0.3, 0.4) is 0 Å². The second kappa shape index (κ2) is 14.8. The van der Waals surface area contributed by atoms with E-state index in [-0.39, 0.29) is 0 Å². The third-order valence-corrected chi connectivity index (χ3v) is 13.5. The standard InChI is InChI=1S/C58H37N3S/c1-4-17-38(18-5-1)51-33-32-44(56(59-51)39-19-6-2-7-20-39)41-23-16-24-42(35-41)52-37-53(61-57(60-52)40-21-8-3-9-22-40)43-31-34-55-50(36-43)58(49-29-14-15-30-54(49)62-55)47-27-12-10-25-45(47)46-26-11-13-28-48(46)58/h1-37H. The van der Waals surface area contributed by atoms with Crippen LogP contribution < -0.4 is 0 Å². The van der Waals surface area contributed by atoms with E-state index < -0.39 is 5.41 Å². The Kier molecular flexibility index (Phi) is 8.65. The number of pyridine rings is 1. The molecular weight excluding hydrogens is 771 g/mol. The first kappa shape index (κ1) is 36.2. The van der Waals surface area contributed by atoms with Gasteiger partial charge in [-0.1, -0.05) is 200 Å². The summed E-state index contributed by atoms with van der Waals surface area (Å²) in [6.07, 6.45) is 0. The van der Waals surface area contributed by atoms with Crippen LogP contribution >= 0.6 is 11.8 Å². The third-order valence-electron chi connectivity index (χ3n) is 12.4. The highest BCUT2D eigenvalue weighted by Crippen LogP contribution is 2.62. The summed E-state index contributed by atoms with van der Waals surface area (Å²) in [6.45, 7) is 0. The molecule has 0 atom stereocenters. The molecule has 2 aliphatic rings. The predicted octanol–water partition coefficient (Wildman–Crippen LogP) is 14.7. The lowest BCUT2D eigenvalue weighted by atomic mass is 9.67. The van der Waals surface area contributed by atoms with E-state index in [4.69, 9.17) is 15.0 Å². The Bertz CT molecular complexity index is 3280. The average molecular weight is 808 g/mol. The van der Waals surface area contributed by atoms with Crippen molar-refractivity contribution in [3.63, 3.8) is 0 Å². The summed E-state index contributed by atoms with van der Waals surface area (Å²) in [7, 11) is 0. The molecular formula is C58H37N3S. The van der Waals surface area contributed by atoms with Gasteiger partial charge in [-0.2, -0.15) is 0 Å². The van der Waals surface area contributed by atoms with Crippen molar-refractivity contribution in [1.29, 1.82) is 0 Å². The Balaban J connectivity index is 1.04. The number of hydrogen-bond donors (Lipinski definition) is 0. The monoisotopic (exact) mass is 807 g/mol. The van der Waals surface area contributed by atoms with Crippen LogP contribution in [0.25, 0.3) is 78.7 Å². The van der Waals surface area contributed by atoms with E-state index in [1.165, 1.54) is 43.2 Å². The summed E-state index contributed by atoms with van der Waals surface area (Å²) < 4.78 is 0. The van der Waals surface area contributed by atoms with Crippen LogP contribution in [-0.4, -0.2) is 15.0 Å². The first-order valence-electron chi connectivity index (χ1n) is 21.0. The van der Waals surface area contributed by atoms with Gasteiger partial charge in [-0.05, 0) is 75.3 Å². The van der Waals surface area contributed by atoms with Crippen LogP contribution in [-0.2, 0) is 5.41 Å². The van der Waals surface area contributed by atoms with Gasteiger partial charge in [0, 0.05) is 43.2 Å². The van der Waals surface area contributed by atoms with Crippen molar-refractivity contribution in [1.82, 2.24) is 15.0 Å². The van der Waals surface area contributed by atoms with Gasteiger partial charge >= 0.3 is 0 Å². The number of fused-ring (bicyclic) bond motifs is 9. The lowest BCUT2D eigenvalue weighted by Crippen LogP contribution is -2.32. The zero-order chi connectivity index (χ0) is 41.0. The van der Waals surface area contributed by atoms with Crippen LogP contribution in [0.1, 0.15) is 22.3 Å². The number of aromatic nitrogens is 3. The van der Waals surface area contributed by atoms with Gasteiger partial charge in [0.25, 0.3) is 0 Å². The zero-order valence-corrected chi connectivity index (χ0v) is 34.4. The first-order chi connectivity index (χ1) is 30.7. The summed E-state index contributed by atoms with van der Waals surface area (Å²) in [5, 5.41) is 0. The molecule has 0 radical (unpaired) electrons. The maximum atomic E-state index is 5.34. The molecule has 0 bridgehead atoms. The highest BCUT2D eigenvalue weighted by Gasteiger charge is 2.50. The Morgan fingerprint density at radius 1 is 0.290 bits per heavy atom. The van der Waals surface area contributed by atoms with Gasteiger partial charge in [0.2, 0.25) is 0 Å². The topological polar surface area (TPSA) is 38.7 Å². The molecule has 1 aliphatic carbocycles. The summed E-state index contributed by atoms with van der Waals surface area (Å²) in [5.41, 5.74) is 18.3. The molecule has 4 heteroatoms. The van der Waals surface area contributed by atoms with Gasteiger partial charge in [0.15, 0.2) is 5.82 Å². The minimum absolute atomic E-state index is 0.479. The maximum absolute atomic E-state index is 5.34. The summed E-state index contributed by atoms with van der Waals surface area (Å²) in [4.78, 5) is 18.4. The van der Waals surface area contributed by atoms with E-state index in [1.807, 2.05) is 30.0 Å². The molecule has 3 nitrogen and oxygen atoms in total. The molecule has 0 fully saturated rings. The van der Waals surface area contributed by atoms with E-state index in [2.05, 4.69) is 206 Å². The summed E-state index contributed by atoms with van der Waals surface area (Å²) >= 11 is 1.86. The molecule has 8 aromatic carbocycles. The van der Waals surface area contributed by atoms with Gasteiger partial charge < -0.3 is 0 Å². The molecule has 1 spiro atoms. The third kappa shape index (κ3) is 5.87. The molecule has 290 valence electrons. The van der Waals surface area contributed by atoms with E-state index >= 15 is 0 Å². The van der Waals surface area contributed by atoms with Crippen molar-refractivity contribution in [2.75, 3.05) is 0 Å². The molecule has 10 aromatic rings. The molecule has 0 amide bonds. The second-order valence-electron chi connectivity index (χ2n) is 15.9. The Morgan fingerprint density at radius 2 is 0.823 bits per heavy atom. The fraction of sp³-hybridized carbons (Fsp3) is 0.0172. The normalized spacial score (nSPS) is 12.9. The van der Waals surface area contributed by atoms with E-state index in [0.29, 0.717) is 5.82 Å². The average Bonchev–Trinajstić information content (AvgIpc) is 3.65. The van der Waals surface area contributed by atoms with Crippen LogP contribution in [0.4, 0.5) is 0 Å². The Labute approximate surface area is 365 Å². The quantitative estimate of drug-likeness (QED) is 0.168. The van der Waals surface area contributed by atoms with Crippen molar-refractivity contribution in [3.8, 4) is 78.7 Å². The van der Waals surface area contributed by atoms with E-state index in [1.54, 1.807) is 0 Å². The molecule has 0 N–H and O–H groups in total. The largest absolute Gasteiger partial charge is 0.247 e. The first-order valence-corrected chi connectivity index (χ1v) is 21.8. The molecule has 0 saturated carbocycles.